The van der Waals surface area contributed by atoms with Crippen molar-refractivity contribution in [2.24, 2.45) is 0 Å². The summed E-state index contributed by atoms with van der Waals surface area (Å²) in [6.45, 7) is 2.78. The van der Waals surface area contributed by atoms with Gasteiger partial charge in [-0.15, -0.1) is 0 Å². The number of para-hydroxylation sites is 1. The molecule has 0 saturated carbocycles. The number of halogens is 1. The van der Waals surface area contributed by atoms with Crippen molar-refractivity contribution in [3.8, 4) is 0 Å². The third kappa shape index (κ3) is 6.68. The van der Waals surface area contributed by atoms with Crippen LogP contribution in [0.5, 0.6) is 0 Å². The van der Waals surface area contributed by atoms with Gasteiger partial charge in [-0.2, -0.15) is 0 Å². The van der Waals surface area contributed by atoms with E-state index in [0.717, 1.165) is 5.69 Å². The van der Waals surface area contributed by atoms with Crippen LogP contribution in [0.4, 0.5) is 10.1 Å². The Kier molecular flexibility index (Phi) is 7.45. The first-order chi connectivity index (χ1) is 13.3. The van der Waals surface area contributed by atoms with Gasteiger partial charge >= 0.3 is 5.97 Å². The lowest BCUT2D eigenvalue weighted by Crippen LogP contribution is -2.32. The van der Waals surface area contributed by atoms with Crippen molar-refractivity contribution in [2.75, 3.05) is 11.9 Å². The average molecular weight is 383 g/mol. The fourth-order valence-corrected chi connectivity index (χ4v) is 2.46. The number of benzene rings is 2. The first-order valence-corrected chi connectivity index (χ1v) is 8.63. The Morgan fingerprint density at radius 3 is 2.43 bits per heavy atom. The summed E-state index contributed by atoms with van der Waals surface area (Å²) in [5.41, 5.74) is 2.31. The van der Waals surface area contributed by atoms with E-state index in [0.29, 0.717) is 17.0 Å². The molecule has 0 unspecified atom stereocenters. The van der Waals surface area contributed by atoms with Gasteiger partial charge in [0.05, 0.1) is 17.8 Å². The van der Waals surface area contributed by atoms with Crippen LogP contribution in [0.1, 0.15) is 19.4 Å². The van der Waals surface area contributed by atoms with E-state index < -0.39 is 24.3 Å². The molecule has 0 saturated heterocycles. The van der Waals surface area contributed by atoms with E-state index in [1.807, 2.05) is 30.3 Å². The fourth-order valence-electron chi connectivity index (χ4n) is 2.46. The predicted octanol–water partition coefficient (Wildman–Crippen LogP) is 3.41. The molecule has 0 atom stereocenters. The fraction of sp³-hybridized carbons (Fsp3) is 0.190. The third-order valence-corrected chi connectivity index (χ3v) is 3.72. The molecule has 3 N–H and O–H groups in total. The van der Waals surface area contributed by atoms with E-state index in [9.17, 15) is 14.0 Å². The second-order valence-corrected chi connectivity index (χ2v) is 6.13. The maximum Gasteiger partial charge on any atom is 0.310 e. The van der Waals surface area contributed by atoms with E-state index in [4.69, 9.17) is 10.1 Å². The van der Waals surface area contributed by atoms with Gasteiger partial charge in [-0.25, -0.2) is 4.39 Å². The highest BCUT2D eigenvalue weighted by molar-refractivity contribution is 6.00. The third-order valence-electron chi connectivity index (χ3n) is 3.72. The summed E-state index contributed by atoms with van der Waals surface area (Å²) in [4.78, 5) is 24.0. The summed E-state index contributed by atoms with van der Waals surface area (Å²) in [6.07, 6.45) is -0.133. The van der Waals surface area contributed by atoms with Gasteiger partial charge in [0.15, 0.2) is 6.61 Å². The highest BCUT2D eigenvalue weighted by Crippen LogP contribution is 2.11. The molecule has 2 aromatic carbocycles. The maximum atomic E-state index is 13.1. The number of rotatable bonds is 8. The van der Waals surface area contributed by atoms with E-state index in [1.54, 1.807) is 19.9 Å². The molecule has 0 aromatic heterocycles. The Hall–Kier alpha value is -3.48. The number of allylic oxidation sites excluding steroid dienone is 2. The molecule has 0 fully saturated rings. The van der Waals surface area contributed by atoms with Crippen molar-refractivity contribution in [3.05, 3.63) is 77.4 Å². The minimum Gasteiger partial charge on any atom is -0.455 e. The van der Waals surface area contributed by atoms with Crippen LogP contribution in [0.3, 0.4) is 0 Å². The lowest BCUT2D eigenvalue weighted by Gasteiger charge is -2.15. The minimum atomic E-state index is -0.642. The van der Waals surface area contributed by atoms with Gasteiger partial charge in [-0.05, 0) is 43.7 Å². The van der Waals surface area contributed by atoms with E-state index in [-0.39, 0.29) is 12.1 Å². The lowest BCUT2D eigenvalue weighted by molar-refractivity contribution is -0.147. The summed E-state index contributed by atoms with van der Waals surface area (Å²) < 4.78 is 18.1. The van der Waals surface area contributed by atoms with Crippen molar-refractivity contribution in [3.63, 3.8) is 0 Å². The van der Waals surface area contributed by atoms with E-state index in [1.165, 1.54) is 18.2 Å². The molecule has 0 aliphatic rings. The van der Waals surface area contributed by atoms with Crippen molar-refractivity contribution in [2.45, 2.75) is 20.3 Å². The van der Waals surface area contributed by atoms with Crippen molar-refractivity contribution in [1.82, 2.24) is 5.32 Å². The summed E-state index contributed by atoms with van der Waals surface area (Å²) in [5, 5.41) is 13.6. The van der Waals surface area contributed by atoms with Gasteiger partial charge in [-0.1, -0.05) is 30.3 Å². The number of nitrogens with one attached hydrogen (secondary N) is 3. The topological polar surface area (TPSA) is 91.3 Å². The molecular weight excluding hydrogens is 361 g/mol. The van der Waals surface area contributed by atoms with Gasteiger partial charge in [0.1, 0.15) is 5.82 Å². The summed E-state index contributed by atoms with van der Waals surface area (Å²) in [6, 6.07) is 14.9. The summed E-state index contributed by atoms with van der Waals surface area (Å²) in [7, 11) is 0. The number of ether oxygens (including phenoxy) is 1. The lowest BCUT2D eigenvalue weighted by atomic mass is 10.1. The highest BCUT2D eigenvalue weighted by Gasteiger charge is 2.13. The molecule has 6 nitrogen and oxygen atoms in total. The number of hydrogen-bond acceptors (Lipinski definition) is 5. The van der Waals surface area contributed by atoms with Gasteiger partial charge in [0, 0.05) is 11.4 Å². The average Bonchev–Trinajstić information content (AvgIpc) is 2.65. The zero-order valence-corrected chi connectivity index (χ0v) is 15.7. The van der Waals surface area contributed by atoms with Crippen LogP contribution >= 0.6 is 0 Å². The van der Waals surface area contributed by atoms with Crippen LogP contribution in [0.15, 0.2) is 66.0 Å². The standard InChI is InChI=1S/C21H22FN3O3/c1-14(23)21(15(2)24-18-9-4-3-5-10-18)25-19(26)13-28-20(27)12-16-7-6-8-17(22)11-16/h3-11,23-24H,12-13H2,1-2H3,(H,25,26)/b21-15+,23-14?. The number of carbonyl (C=O) groups excluding carboxylic acids is 2. The second kappa shape index (κ2) is 10.0. The molecule has 0 spiro atoms. The molecule has 0 aliphatic heterocycles. The molecule has 0 radical (unpaired) electrons. The zero-order valence-electron chi connectivity index (χ0n) is 15.7. The molecule has 0 bridgehead atoms. The van der Waals surface area contributed by atoms with Crippen LogP contribution in [0.2, 0.25) is 0 Å². The molecular formula is C21H22FN3O3. The van der Waals surface area contributed by atoms with Crippen LogP contribution in [0, 0.1) is 11.2 Å². The number of carbonyl (C=O) groups is 2. The quantitative estimate of drug-likeness (QED) is 0.481. The Balaban J connectivity index is 1.92. The van der Waals surface area contributed by atoms with E-state index >= 15 is 0 Å². The van der Waals surface area contributed by atoms with Crippen molar-refractivity contribution in [1.29, 1.82) is 5.41 Å². The maximum absolute atomic E-state index is 13.1. The number of amides is 1. The SMILES string of the molecule is CC(=N)/C(NC(=O)COC(=O)Cc1cccc(F)c1)=C(/C)Nc1ccccc1. The first-order valence-electron chi connectivity index (χ1n) is 8.63. The Labute approximate surface area is 162 Å². The zero-order chi connectivity index (χ0) is 20.5. The van der Waals surface area contributed by atoms with Crippen LogP contribution in [-0.2, 0) is 20.7 Å². The molecule has 1 amide bonds. The number of esters is 1. The molecule has 2 aromatic rings. The van der Waals surface area contributed by atoms with Crippen molar-refractivity contribution >= 4 is 23.3 Å². The molecule has 2 rings (SSSR count). The van der Waals surface area contributed by atoms with Crippen LogP contribution in [-0.4, -0.2) is 24.2 Å². The first kappa shape index (κ1) is 20.8. The molecule has 0 aliphatic carbocycles. The van der Waals surface area contributed by atoms with E-state index in [2.05, 4.69) is 10.6 Å². The monoisotopic (exact) mass is 383 g/mol. The Morgan fingerprint density at radius 1 is 1.07 bits per heavy atom. The Morgan fingerprint density at radius 2 is 1.79 bits per heavy atom. The van der Waals surface area contributed by atoms with Crippen LogP contribution in [0.25, 0.3) is 0 Å². The summed E-state index contributed by atoms with van der Waals surface area (Å²) >= 11 is 0. The Bertz CT molecular complexity index is 895. The van der Waals surface area contributed by atoms with Gasteiger partial charge in [0.25, 0.3) is 5.91 Å². The summed E-state index contributed by atoms with van der Waals surface area (Å²) in [5.74, 6) is -1.65. The van der Waals surface area contributed by atoms with Gasteiger partial charge in [-0.3, -0.25) is 9.59 Å². The van der Waals surface area contributed by atoms with Crippen LogP contribution < -0.4 is 10.6 Å². The smallest absolute Gasteiger partial charge is 0.310 e. The number of hydrogen-bond donors (Lipinski definition) is 3. The molecule has 28 heavy (non-hydrogen) atoms. The largest absolute Gasteiger partial charge is 0.455 e. The molecule has 0 heterocycles. The number of anilines is 1. The second-order valence-electron chi connectivity index (χ2n) is 6.13. The molecule has 146 valence electrons. The minimum absolute atomic E-state index is 0.133. The normalized spacial score (nSPS) is 11.2. The van der Waals surface area contributed by atoms with Gasteiger partial charge < -0.3 is 20.8 Å². The predicted molar refractivity (Wildman–Crippen MR) is 105 cm³/mol. The van der Waals surface area contributed by atoms with Crippen molar-refractivity contribution < 1.29 is 18.7 Å². The molecule has 7 heteroatoms. The highest BCUT2D eigenvalue weighted by atomic mass is 19.1. The van der Waals surface area contributed by atoms with Gasteiger partial charge in [0.2, 0.25) is 0 Å².